The molecule has 0 aliphatic carbocycles. The molecule has 0 aliphatic heterocycles. The van der Waals surface area contributed by atoms with Crippen LogP contribution in [0.15, 0.2) is 59.5 Å². The van der Waals surface area contributed by atoms with E-state index in [0.29, 0.717) is 0 Å². The molecular formula is C15H12BrN3. The van der Waals surface area contributed by atoms with Crippen molar-refractivity contribution in [3.05, 3.63) is 65.0 Å². The summed E-state index contributed by atoms with van der Waals surface area (Å²) in [6.07, 6.45) is 5.61. The second-order valence-electron chi connectivity index (χ2n) is 4.32. The summed E-state index contributed by atoms with van der Waals surface area (Å²) in [6, 6.07) is 12.0. The Morgan fingerprint density at radius 2 is 2.05 bits per heavy atom. The van der Waals surface area contributed by atoms with E-state index in [0.717, 1.165) is 21.4 Å². The Balaban J connectivity index is 1.99. The maximum absolute atomic E-state index is 4.39. The molecule has 0 aliphatic rings. The van der Waals surface area contributed by atoms with Crippen molar-refractivity contribution in [3.8, 4) is 16.9 Å². The summed E-state index contributed by atoms with van der Waals surface area (Å²) in [5.74, 6) is 0. The highest BCUT2D eigenvalue weighted by Gasteiger charge is 2.05. The lowest BCUT2D eigenvalue weighted by Gasteiger charge is -2.04. The third-order valence-electron chi connectivity index (χ3n) is 2.95. The predicted octanol–water partition coefficient (Wildman–Crippen LogP) is 4.01. The van der Waals surface area contributed by atoms with Crippen LogP contribution in [-0.4, -0.2) is 14.8 Å². The highest BCUT2D eigenvalue weighted by atomic mass is 79.9. The molecule has 0 bridgehead atoms. The Labute approximate surface area is 120 Å². The van der Waals surface area contributed by atoms with Gasteiger partial charge in [0.05, 0.1) is 17.6 Å². The van der Waals surface area contributed by atoms with Crippen molar-refractivity contribution in [1.82, 2.24) is 14.8 Å². The molecule has 19 heavy (non-hydrogen) atoms. The SMILES string of the molecule is Cc1cc(-n2cc(-c3ccccn3)cn2)ccc1Br. The van der Waals surface area contributed by atoms with E-state index in [9.17, 15) is 0 Å². The van der Waals surface area contributed by atoms with Crippen molar-refractivity contribution < 1.29 is 0 Å². The highest BCUT2D eigenvalue weighted by molar-refractivity contribution is 9.10. The van der Waals surface area contributed by atoms with Crippen molar-refractivity contribution in [2.24, 2.45) is 0 Å². The molecule has 0 saturated carbocycles. The second-order valence-corrected chi connectivity index (χ2v) is 5.18. The van der Waals surface area contributed by atoms with Crippen LogP contribution in [0, 0.1) is 6.92 Å². The quantitative estimate of drug-likeness (QED) is 0.715. The molecule has 0 spiro atoms. The third kappa shape index (κ3) is 2.44. The molecule has 2 aromatic heterocycles. The van der Waals surface area contributed by atoms with Crippen molar-refractivity contribution in [3.63, 3.8) is 0 Å². The summed E-state index contributed by atoms with van der Waals surface area (Å²) in [4.78, 5) is 4.33. The van der Waals surface area contributed by atoms with E-state index in [-0.39, 0.29) is 0 Å². The fourth-order valence-corrected chi connectivity index (χ4v) is 2.15. The van der Waals surface area contributed by atoms with E-state index >= 15 is 0 Å². The molecule has 0 saturated heterocycles. The van der Waals surface area contributed by atoms with Gasteiger partial charge in [-0.1, -0.05) is 22.0 Å². The lowest BCUT2D eigenvalue weighted by molar-refractivity contribution is 0.879. The Bertz CT molecular complexity index is 704. The first-order valence-corrected chi connectivity index (χ1v) is 6.76. The van der Waals surface area contributed by atoms with Gasteiger partial charge < -0.3 is 0 Å². The van der Waals surface area contributed by atoms with Crippen LogP contribution in [-0.2, 0) is 0 Å². The summed E-state index contributed by atoms with van der Waals surface area (Å²) in [7, 11) is 0. The average molecular weight is 314 g/mol. The first kappa shape index (κ1) is 12.1. The van der Waals surface area contributed by atoms with Crippen molar-refractivity contribution in [2.45, 2.75) is 6.92 Å². The maximum atomic E-state index is 4.39. The standard InChI is InChI=1S/C15H12BrN3/c1-11-8-13(5-6-14(11)16)19-10-12(9-18-19)15-4-2-3-7-17-15/h2-10H,1H3. The van der Waals surface area contributed by atoms with Gasteiger partial charge in [0.2, 0.25) is 0 Å². The second kappa shape index (κ2) is 4.97. The minimum atomic E-state index is 0.933. The number of halogens is 1. The summed E-state index contributed by atoms with van der Waals surface area (Å²) >= 11 is 3.50. The van der Waals surface area contributed by atoms with Crippen LogP contribution in [0.3, 0.4) is 0 Å². The monoisotopic (exact) mass is 313 g/mol. The zero-order valence-electron chi connectivity index (χ0n) is 10.4. The van der Waals surface area contributed by atoms with Gasteiger partial charge in [-0.15, -0.1) is 0 Å². The molecule has 94 valence electrons. The summed E-state index contributed by atoms with van der Waals surface area (Å²) in [6.45, 7) is 2.07. The first-order chi connectivity index (χ1) is 9.24. The molecule has 4 heteroatoms. The van der Waals surface area contributed by atoms with E-state index in [2.05, 4.69) is 39.0 Å². The van der Waals surface area contributed by atoms with Gasteiger partial charge >= 0.3 is 0 Å². The van der Waals surface area contributed by atoms with Crippen LogP contribution in [0.5, 0.6) is 0 Å². The van der Waals surface area contributed by atoms with Crippen LogP contribution in [0.4, 0.5) is 0 Å². The van der Waals surface area contributed by atoms with Gasteiger partial charge in [0.15, 0.2) is 0 Å². The van der Waals surface area contributed by atoms with Crippen LogP contribution >= 0.6 is 15.9 Å². The Kier molecular flexibility index (Phi) is 3.17. The van der Waals surface area contributed by atoms with Gasteiger partial charge in [0.1, 0.15) is 0 Å². The van der Waals surface area contributed by atoms with Gasteiger partial charge in [-0.3, -0.25) is 4.98 Å². The molecule has 0 N–H and O–H groups in total. The van der Waals surface area contributed by atoms with Gasteiger partial charge in [-0.2, -0.15) is 5.10 Å². The molecule has 0 amide bonds. The van der Waals surface area contributed by atoms with Crippen molar-refractivity contribution >= 4 is 15.9 Å². The lowest BCUT2D eigenvalue weighted by Crippen LogP contribution is -1.94. The van der Waals surface area contributed by atoms with Crippen LogP contribution in [0.2, 0.25) is 0 Å². The third-order valence-corrected chi connectivity index (χ3v) is 3.84. The largest absolute Gasteiger partial charge is 0.256 e. The molecule has 1 aromatic carbocycles. The van der Waals surface area contributed by atoms with Gasteiger partial charge in [-0.05, 0) is 42.8 Å². The molecule has 3 nitrogen and oxygen atoms in total. The highest BCUT2D eigenvalue weighted by Crippen LogP contribution is 2.21. The van der Waals surface area contributed by atoms with Crippen molar-refractivity contribution in [2.75, 3.05) is 0 Å². The lowest BCUT2D eigenvalue weighted by atomic mass is 10.2. The normalized spacial score (nSPS) is 10.6. The fourth-order valence-electron chi connectivity index (χ4n) is 1.90. The molecule has 3 rings (SSSR count). The summed E-state index contributed by atoms with van der Waals surface area (Å²) in [5.41, 5.74) is 4.18. The Morgan fingerprint density at radius 3 is 2.79 bits per heavy atom. The summed E-state index contributed by atoms with van der Waals surface area (Å²) in [5, 5.41) is 4.39. The molecule has 3 aromatic rings. The zero-order valence-corrected chi connectivity index (χ0v) is 12.0. The number of hydrogen-bond acceptors (Lipinski definition) is 2. The minimum absolute atomic E-state index is 0.933. The summed E-state index contributed by atoms with van der Waals surface area (Å²) < 4.78 is 2.97. The molecule has 0 atom stereocenters. The molecule has 2 heterocycles. The smallest absolute Gasteiger partial charge is 0.0733 e. The molecule has 0 fully saturated rings. The maximum Gasteiger partial charge on any atom is 0.0733 e. The van der Waals surface area contributed by atoms with E-state index in [1.54, 1.807) is 6.20 Å². The van der Waals surface area contributed by atoms with Gasteiger partial charge in [0.25, 0.3) is 0 Å². The van der Waals surface area contributed by atoms with Crippen LogP contribution < -0.4 is 0 Å². The number of aromatic nitrogens is 3. The number of nitrogens with zero attached hydrogens (tertiary/aromatic N) is 3. The predicted molar refractivity (Wildman–Crippen MR) is 79.2 cm³/mol. The number of pyridine rings is 1. The van der Waals surface area contributed by atoms with E-state index < -0.39 is 0 Å². The van der Waals surface area contributed by atoms with Crippen LogP contribution in [0.1, 0.15) is 5.56 Å². The molecular weight excluding hydrogens is 302 g/mol. The number of benzene rings is 1. The van der Waals surface area contributed by atoms with Crippen LogP contribution in [0.25, 0.3) is 16.9 Å². The van der Waals surface area contributed by atoms with Crippen molar-refractivity contribution in [1.29, 1.82) is 0 Å². The number of aryl methyl sites for hydroxylation is 1. The Hall–Kier alpha value is -1.94. The zero-order chi connectivity index (χ0) is 13.2. The van der Waals surface area contributed by atoms with Gasteiger partial charge in [0, 0.05) is 22.4 Å². The Morgan fingerprint density at radius 1 is 1.16 bits per heavy atom. The minimum Gasteiger partial charge on any atom is -0.256 e. The fraction of sp³-hybridized carbons (Fsp3) is 0.0667. The molecule has 0 unspecified atom stereocenters. The van der Waals surface area contributed by atoms with E-state index in [4.69, 9.17) is 0 Å². The number of hydrogen-bond donors (Lipinski definition) is 0. The molecule has 0 radical (unpaired) electrons. The average Bonchev–Trinajstić information content (AvgIpc) is 2.93. The first-order valence-electron chi connectivity index (χ1n) is 5.96. The topological polar surface area (TPSA) is 30.7 Å². The number of rotatable bonds is 2. The van der Waals surface area contributed by atoms with E-state index in [1.807, 2.05) is 47.4 Å². The van der Waals surface area contributed by atoms with E-state index in [1.165, 1.54) is 5.56 Å². The van der Waals surface area contributed by atoms with Gasteiger partial charge in [-0.25, -0.2) is 4.68 Å².